The molecule has 0 saturated heterocycles. The number of dihydropyridines is 1. The van der Waals surface area contributed by atoms with Gasteiger partial charge in [-0.3, -0.25) is 4.79 Å². The van der Waals surface area contributed by atoms with Crippen LogP contribution in [0.25, 0.3) is 0 Å². The van der Waals surface area contributed by atoms with Gasteiger partial charge in [0.1, 0.15) is 17.2 Å². The van der Waals surface area contributed by atoms with Crippen LogP contribution in [0.5, 0.6) is 5.75 Å². The van der Waals surface area contributed by atoms with E-state index in [0.717, 1.165) is 5.56 Å². The number of rotatable bonds is 5. The Bertz CT molecular complexity index is 694. The molecule has 5 nitrogen and oxygen atoms in total. The van der Waals surface area contributed by atoms with E-state index in [1.807, 2.05) is 6.07 Å². The molecular weight excluding hydrogens is 318 g/mol. The van der Waals surface area contributed by atoms with Gasteiger partial charge in [0, 0.05) is 17.2 Å². The molecule has 6 heteroatoms. The van der Waals surface area contributed by atoms with Crippen molar-refractivity contribution in [2.75, 3.05) is 13.7 Å². The van der Waals surface area contributed by atoms with Gasteiger partial charge in [0.25, 0.3) is 0 Å². The first-order valence-corrected chi connectivity index (χ1v) is 7.55. The lowest BCUT2D eigenvalue weighted by Gasteiger charge is -2.28. The second-order valence-corrected chi connectivity index (χ2v) is 5.36. The Morgan fingerprint density at radius 2 is 2.17 bits per heavy atom. The number of hydrogen-bond acceptors (Lipinski definition) is 5. The molecule has 1 aromatic rings. The SMILES string of the molecule is CCOC(=O)C1=C(C)NC(Cl)=C(C=O)[C@@H]1c1cccc(OC)c1. The van der Waals surface area contributed by atoms with Crippen LogP contribution in [0.3, 0.4) is 0 Å². The number of carbonyl (C=O) groups is 2. The fraction of sp³-hybridized carbons (Fsp3) is 0.294. The molecule has 122 valence electrons. The third-order valence-corrected chi connectivity index (χ3v) is 3.92. The van der Waals surface area contributed by atoms with Crippen molar-refractivity contribution >= 4 is 23.9 Å². The number of methoxy groups -OCH3 is 1. The highest BCUT2D eigenvalue weighted by atomic mass is 35.5. The lowest BCUT2D eigenvalue weighted by Crippen LogP contribution is -2.29. The monoisotopic (exact) mass is 335 g/mol. The average Bonchev–Trinajstić information content (AvgIpc) is 2.54. The first kappa shape index (κ1) is 17.1. The predicted molar refractivity (Wildman–Crippen MR) is 87.1 cm³/mol. The third kappa shape index (κ3) is 3.40. The van der Waals surface area contributed by atoms with Crippen molar-refractivity contribution in [3.8, 4) is 5.75 Å². The van der Waals surface area contributed by atoms with E-state index in [9.17, 15) is 9.59 Å². The van der Waals surface area contributed by atoms with E-state index >= 15 is 0 Å². The van der Waals surface area contributed by atoms with Gasteiger partial charge in [-0.05, 0) is 31.5 Å². The zero-order valence-corrected chi connectivity index (χ0v) is 13.9. The zero-order chi connectivity index (χ0) is 17.0. The molecule has 1 atom stereocenters. The number of ether oxygens (including phenoxy) is 2. The van der Waals surface area contributed by atoms with Crippen molar-refractivity contribution in [3.63, 3.8) is 0 Å². The first-order chi connectivity index (χ1) is 11.0. The van der Waals surface area contributed by atoms with Crippen molar-refractivity contribution in [2.45, 2.75) is 19.8 Å². The van der Waals surface area contributed by atoms with Gasteiger partial charge in [-0.2, -0.15) is 0 Å². The van der Waals surface area contributed by atoms with E-state index in [1.165, 1.54) is 0 Å². The van der Waals surface area contributed by atoms with Gasteiger partial charge >= 0.3 is 5.97 Å². The molecule has 0 saturated carbocycles. The smallest absolute Gasteiger partial charge is 0.336 e. The zero-order valence-electron chi connectivity index (χ0n) is 13.2. The number of allylic oxidation sites excluding steroid dienone is 2. The Kier molecular flexibility index (Phi) is 5.45. The fourth-order valence-corrected chi connectivity index (χ4v) is 2.87. The third-order valence-electron chi connectivity index (χ3n) is 3.60. The normalized spacial score (nSPS) is 17.7. The average molecular weight is 336 g/mol. The highest BCUT2D eigenvalue weighted by Crippen LogP contribution is 2.39. The Hall–Kier alpha value is -2.27. The second kappa shape index (κ2) is 7.33. The van der Waals surface area contributed by atoms with Crippen LogP contribution in [0.2, 0.25) is 0 Å². The van der Waals surface area contributed by atoms with Crippen LogP contribution in [0.15, 0.2) is 46.3 Å². The van der Waals surface area contributed by atoms with Crippen LogP contribution in [0.1, 0.15) is 25.3 Å². The lowest BCUT2D eigenvalue weighted by molar-refractivity contribution is -0.138. The minimum Gasteiger partial charge on any atom is -0.497 e. The molecule has 23 heavy (non-hydrogen) atoms. The maximum absolute atomic E-state index is 12.4. The number of benzene rings is 1. The van der Waals surface area contributed by atoms with E-state index in [0.29, 0.717) is 23.3 Å². The molecule has 0 radical (unpaired) electrons. The summed E-state index contributed by atoms with van der Waals surface area (Å²) in [6.45, 7) is 3.70. The minimum absolute atomic E-state index is 0.207. The molecule has 1 aliphatic heterocycles. The molecule has 1 aromatic carbocycles. The van der Waals surface area contributed by atoms with E-state index in [4.69, 9.17) is 21.1 Å². The molecule has 1 heterocycles. The number of esters is 1. The summed E-state index contributed by atoms with van der Waals surface area (Å²) in [6, 6.07) is 7.18. The quantitative estimate of drug-likeness (QED) is 0.509. The van der Waals surface area contributed by atoms with E-state index in [2.05, 4.69) is 5.32 Å². The van der Waals surface area contributed by atoms with Crippen LogP contribution in [-0.4, -0.2) is 26.0 Å². The number of halogens is 1. The van der Waals surface area contributed by atoms with Gasteiger partial charge in [-0.25, -0.2) is 4.79 Å². The van der Waals surface area contributed by atoms with Crippen LogP contribution < -0.4 is 10.1 Å². The molecule has 0 fully saturated rings. The topological polar surface area (TPSA) is 64.6 Å². The molecule has 2 rings (SSSR count). The summed E-state index contributed by atoms with van der Waals surface area (Å²) in [6.07, 6.45) is 0.658. The fourth-order valence-electron chi connectivity index (χ4n) is 2.57. The Morgan fingerprint density at radius 3 is 2.78 bits per heavy atom. The van der Waals surface area contributed by atoms with Crippen LogP contribution >= 0.6 is 11.6 Å². The molecule has 0 spiro atoms. The molecule has 0 aromatic heterocycles. The van der Waals surface area contributed by atoms with Gasteiger partial charge in [0.15, 0.2) is 0 Å². The summed E-state index contributed by atoms with van der Waals surface area (Å²) >= 11 is 6.16. The van der Waals surface area contributed by atoms with Gasteiger partial charge in [0.05, 0.1) is 19.3 Å². The van der Waals surface area contributed by atoms with Crippen molar-refractivity contribution in [3.05, 3.63) is 51.8 Å². The summed E-state index contributed by atoms with van der Waals surface area (Å²) in [7, 11) is 1.55. The Morgan fingerprint density at radius 1 is 1.43 bits per heavy atom. The summed E-state index contributed by atoms with van der Waals surface area (Å²) in [5, 5.41) is 3.07. The first-order valence-electron chi connectivity index (χ1n) is 7.17. The van der Waals surface area contributed by atoms with Crippen LogP contribution in [0, 0.1) is 0 Å². The van der Waals surface area contributed by atoms with Crippen LogP contribution in [0.4, 0.5) is 0 Å². The summed E-state index contributed by atoms with van der Waals surface area (Å²) in [4.78, 5) is 23.9. The molecular formula is C17H18ClNO4. The van der Waals surface area contributed by atoms with Crippen LogP contribution in [-0.2, 0) is 14.3 Å². The number of nitrogens with one attached hydrogen (secondary N) is 1. The predicted octanol–water partition coefficient (Wildman–Crippen LogP) is 2.87. The summed E-state index contributed by atoms with van der Waals surface area (Å²) in [5.74, 6) is -0.451. The molecule has 1 aliphatic rings. The molecule has 0 unspecified atom stereocenters. The largest absolute Gasteiger partial charge is 0.497 e. The number of hydrogen-bond donors (Lipinski definition) is 1. The maximum atomic E-state index is 12.4. The molecule has 1 N–H and O–H groups in total. The van der Waals surface area contributed by atoms with Crippen molar-refractivity contribution in [1.82, 2.24) is 5.32 Å². The van der Waals surface area contributed by atoms with Gasteiger partial charge in [-0.1, -0.05) is 23.7 Å². The lowest BCUT2D eigenvalue weighted by atomic mass is 9.82. The highest BCUT2D eigenvalue weighted by molar-refractivity contribution is 6.31. The Labute approximate surface area is 139 Å². The molecule has 0 bridgehead atoms. The van der Waals surface area contributed by atoms with Gasteiger partial charge in [0.2, 0.25) is 0 Å². The highest BCUT2D eigenvalue weighted by Gasteiger charge is 2.34. The van der Waals surface area contributed by atoms with Gasteiger partial charge in [-0.15, -0.1) is 0 Å². The van der Waals surface area contributed by atoms with Crippen molar-refractivity contribution in [1.29, 1.82) is 0 Å². The van der Waals surface area contributed by atoms with E-state index in [1.54, 1.807) is 39.2 Å². The summed E-state index contributed by atoms with van der Waals surface area (Å²) < 4.78 is 10.4. The van der Waals surface area contributed by atoms with E-state index in [-0.39, 0.29) is 17.3 Å². The maximum Gasteiger partial charge on any atom is 0.336 e. The van der Waals surface area contributed by atoms with Crippen molar-refractivity contribution < 1.29 is 19.1 Å². The van der Waals surface area contributed by atoms with Gasteiger partial charge < -0.3 is 14.8 Å². The second-order valence-electron chi connectivity index (χ2n) is 4.98. The Balaban J connectivity index is 2.60. The van der Waals surface area contributed by atoms with E-state index < -0.39 is 11.9 Å². The number of carbonyl (C=O) groups excluding carboxylic acids is 2. The number of aldehydes is 1. The molecule has 0 aliphatic carbocycles. The molecule has 0 amide bonds. The summed E-state index contributed by atoms with van der Waals surface area (Å²) in [5.41, 5.74) is 1.94. The minimum atomic E-state index is -0.601. The standard InChI is InChI=1S/C17H18ClNO4/c1-4-23-17(21)14-10(2)19-16(18)13(9-20)15(14)11-6-5-7-12(8-11)22-3/h5-9,15,19H,4H2,1-3H3/t15-/m0/s1. The van der Waals surface area contributed by atoms with Crippen molar-refractivity contribution in [2.24, 2.45) is 0 Å².